The molecule has 0 unspecified atom stereocenters. The van der Waals surface area contributed by atoms with Gasteiger partial charge in [-0.3, -0.25) is 0 Å². The first-order valence-electron chi connectivity index (χ1n) is 3.90. The summed E-state index contributed by atoms with van der Waals surface area (Å²) in [7, 11) is 0. The van der Waals surface area contributed by atoms with Crippen LogP contribution >= 0.6 is 11.6 Å². The van der Waals surface area contributed by atoms with Crippen LogP contribution in [0.15, 0.2) is 18.2 Å². The maximum atomic E-state index is 9.14. The number of hydrogen-bond donors (Lipinski definition) is 1. The molecule has 0 fully saturated rings. The summed E-state index contributed by atoms with van der Waals surface area (Å²) in [5, 5.41) is 9.14. The van der Waals surface area contributed by atoms with Crippen LogP contribution in [0.2, 0.25) is 0 Å². The highest BCUT2D eigenvalue weighted by molar-refractivity contribution is 6.15. The molecule has 0 saturated heterocycles. The second-order valence-corrected chi connectivity index (χ2v) is 2.47. The lowest BCUT2D eigenvalue weighted by molar-refractivity contribution is 0.471. The van der Waals surface area contributed by atoms with Gasteiger partial charge in [-0.25, -0.2) is 0 Å². The highest BCUT2D eigenvalue weighted by Crippen LogP contribution is 2.16. The molecule has 0 heterocycles. The Morgan fingerprint density at radius 2 is 1.92 bits per heavy atom. The van der Waals surface area contributed by atoms with Crippen molar-refractivity contribution in [1.29, 1.82) is 0 Å². The van der Waals surface area contributed by atoms with Crippen molar-refractivity contribution in [2.24, 2.45) is 0 Å². The van der Waals surface area contributed by atoms with Crippen LogP contribution in [-0.2, 0) is 6.42 Å². The summed E-state index contributed by atoms with van der Waals surface area (Å²) in [5.74, 6) is 0.386. The first kappa shape index (κ1) is 11.3. The number of phenols is 1. The largest absolute Gasteiger partial charge is 0.508 e. The number of rotatable bonds is 1. The average Bonchev–Trinajstić information content (AvgIpc) is 2.13. The van der Waals surface area contributed by atoms with Crippen LogP contribution in [0.5, 0.6) is 5.75 Å². The van der Waals surface area contributed by atoms with Crippen molar-refractivity contribution < 1.29 is 5.11 Å². The van der Waals surface area contributed by atoms with Gasteiger partial charge in [-0.15, -0.1) is 11.6 Å². The third-order valence-electron chi connectivity index (χ3n) is 1.67. The van der Waals surface area contributed by atoms with E-state index in [-0.39, 0.29) is 0 Å². The van der Waals surface area contributed by atoms with Gasteiger partial charge in [-0.1, -0.05) is 19.1 Å². The normalized spacial score (nSPS) is 8.67. The van der Waals surface area contributed by atoms with Crippen molar-refractivity contribution in [3.8, 4) is 5.75 Å². The van der Waals surface area contributed by atoms with Crippen molar-refractivity contribution in [1.82, 2.24) is 0 Å². The van der Waals surface area contributed by atoms with Gasteiger partial charge in [0.2, 0.25) is 0 Å². The van der Waals surface area contributed by atoms with E-state index < -0.39 is 0 Å². The second kappa shape index (κ2) is 5.90. The van der Waals surface area contributed by atoms with Crippen molar-refractivity contribution in [3.63, 3.8) is 0 Å². The van der Waals surface area contributed by atoms with E-state index in [1.165, 1.54) is 11.9 Å². The molecule has 1 aromatic carbocycles. The summed E-state index contributed by atoms with van der Waals surface area (Å²) in [6.45, 7) is 4.01. The van der Waals surface area contributed by atoms with Gasteiger partial charge in [0.1, 0.15) is 5.75 Å². The number of halogens is 1. The lowest BCUT2D eigenvalue weighted by Gasteiger charge is -1.99. The Hall–Kier alpha value is -0.690. The van der Waals surface area contributed by atoms with E-state index in [0.29, 0.717) is 5.75 Å². The van der Waals surface area contributed by atoms with E-state index >= 15 is 0 Å². The van der Waals surface area contributed by atoms with Crippen LogP contribution in [-0.4, -0.2) is 11.5 Å². The number of hydrogen-bond acceptors (Lipinski definition) is 1. The highest BCUT2D eigenvalue weighted by atomic mass is 35.5. The number of benzene rings is 1. The van der Waals surface area contributed by atoms with Crippen molar-refractivity contribution in [2.75, 3.05) is 6.38 Å². The fourth-order valence-corrected chi connectivity index (χ4v) is 0.937. The fraction of sp³-hybridized carbons (Fsp3) is 0.400. The van der Waals surface area contributed by atoms with E-state index in [1.54, 1.807) is 6.07 Å². The van der Waals surface area contributed by atoms with Gasteiger partial charge in [0.25, 0.3) is 0 Å². The van der Waals surface area contributed by atoms with E-state index in [2.05, 4.69) is 18.5 Å². The van der Waals surface area contributed by atoms with Crippen LogP contribution < -0.4 is 0 Å². The number of phenolic OH excluding ortho intramolecular Hbond substituents is 1. The minimum Gasteiger partial charge on any atom is -0.508 e. The molecule has 0 amide bonds. The van der Waals surface area contributed by atoms with Crippen molar-refractivity contribution in [3.05, 3.63) is 29.3 Å². The zero-order chi connectivity index (χ0) is 9.56. The Labute approximate surface area is 79.0 Å². The van der Waals surface area contributed by atoms with Gasteiger partial charge in [0.05, 0.1) is 0 Å². The third kappa shape index (κ3) is 3.14. The molecular formula is C10H15ClO. The summed E-state index contributed by atoms with van der Waals surface area (Å²) in [6.07, 6.45) is 2.50. The SMILES string of the molecule is CCc1ccc(O)c(C)c1.CCl. The Balaban J connectivity index is 0.000000561. The first-order valence-corrected chi connectivity index (χ1v) is 4.66. The second-order valence-electron chi connectivity index (χ2n) is 2.47. The molecule has 0 radical (unpaired) electrons. The molecule has 0 atom stereocenters. The van der Waals surface area contributed by atoms with Gasteiger partial charge in [-0.05, 0) is 30.5 Å². The van der Waals surface area contributed by atoms with Gasteiger partial charge in [0.15, 0.2) is 0 Å². The average molecular weight is 187 g/mol. The topological polar surface area (TPSA) is 20.2 Å². The molecule has 12 heavy (non-hydrogen) atoms. The van der Waals surface area contributed by atoms with E-state index in [1.807, 2.05) is 19.1 Å². The molecule has 1 nitrogen and oxygen atoms in total. The smallest absolute Gasteiger partial charge is 0.118 e. The number of aryl methyl sites for hydroxylation is 2. The molecule has 0 aliphatic heterocycles. The standard InChI is InChI=1S/C9H12O.CH3Cl/c1-3-8-4-5-9(10)7(2)6-8;1-2/h4-6,10H,3H2,1-2H3;1H3. The summed E-state index contributed by atoms with van der Waals surface area (Å²) < 4.78 is 0. The third-order valence-corrected chi connectivity index (χ3v) is 1.67. The van der Waals surface area contributed by atoms with Crippen LogP contribution in [0.3, 0.4) is 0 Å². The molecule has 0 aromatic heterocycles. The molecule has 2 heteroatoms. The van der Waals surface area contributed by atoms with Gasteiger partial charge in [-0.2, -0.15) is 0 Å². The predicted molar refractivity (Wildman–Crippen MR) is 54.0 cm³/mol. The number of alkyl halides is 1. The van der Waals surface area contributed by atoms with Crippen LogP contribution in [0.25, 0.3) is 0 Å². The van der Waals surface area contributed by atoms with Gasteiger partial charge < -0.3 is 5.11 Å². The Morgan fingerprint density at radius 1 is 1.33 bits per heavy atom. The molecule has 0 aliphatic rings. The van der Waals surface area contributed by atoms with Crippen molar-refractivity contribution in [2.45, 2.75) is 20.3 Å². The number of aromatic hydroxyl groups is 1. The summed E-state index contributed by atoms with van der Waals surface area (Å²) in [4.78, 5) is 0. The minimum atomic E-state index is 0.386. The zero-order valence-corrected chi connectivity index (χ0v) is 8.52. The monoisotopic (exact) mass is 186 g/mol. The Kier molecular flexibility index (Phi) is 5.56. The van der Waals surface area contributed by atoms with Gasteiger partial charge in [0, 0.05) is 6.38 Å². The molecule has 1 N–H and O–H groups in total. The first-order chi connectivity index (χ1) is 5.74. The lowest BCUT2D eigenvalue weighted by Crippen LogP contribution is -1.80. The van der Waals surface area contributed by atoms with E-state index in [4.69, 9.17) is 5.11 Å². The minimum absolute atomic E-state index is 0.386. The molecule has 0 spiro atoms. The van der Waals surface area contributed by atoms with E-state index in [0.717, 1.165) is 12.0 Å². The molecule has 1 rings (SSSR count). The molecule has 1 aromatic rings. The van der Waals surface area contributed by atoms with Crippen molar-refractivity contribution >= 4 is 11.6 Å². The summed E-state index contributed by atoms with van der Waals surface area (Å²) in [6, 6.07) is 5.70. The zero-order valence-electron chi connectivity index (χ0n) is 7.76. The Morgan fingerprint density at radius 3 is 2.33 bits per heavy atom. The molecular weight excluding hydrogens is 172 g/mol. The van der Waals surface area contributed by atoms with Crippen LogP contribution in [0.1, 0.15) is 18.1 Å². The van der Waals surface area contributed by atoms with Gasteiger partial charge >= 0.3 is 0 Å². The molecule has 0 bridgehead atoms. The Bertz CT molecular complexity index is 233. The quantitative estimate of drug-likeness (QED) is 0.669. The summed E-state index contributed by atoms with van der Waals surface area (Å²) >= 11 is 4.64. The molecule has 0 aliphatic carbocycles. The summed E-state index contributed by atoms with van der Waals surface area (Å²) in [5.41, 5.74) is 2.23. The molecule has 68 valence electrons. The van der Waals surface area contributed by atoms with Crippen LogP contribution in [0.4, 0.5) is 0 Å². The fourth-order valence-electron chi connectivity index (χ4n) is 0.937. The lowest BCUT2D eigenvalue weighted by atomic mass is 10.1. The molecule has 0 saturated carbocycles. The van der Waals surface area contributed by atoms with E-state index in [9.17, 15) is 0 Å². The maximum Gasteiger partial charge on any atom is 0.118 e. The maximum absolute atomic E-state index is 9.14. The predicted octanol–water partition coefficient (Wildman–Crippen LogP) is 3.12. The highest BCUT2D eigenvalue weighted by Gasteiger charge is 1.94. The van der Waals surface area contributed by atoms with Crippen LogP contribution in [0, 0.1) is 6.92 Å².